The molecule has 170 valence electrons. The van der Waals surface area contributed by atoms with Crippen molar-refractivity contribution in [2.24, 2.45) is 0 Å². The summed E-state index contributed by atoms with van der Waals surface area (Å²) < 4.78 is 6.64. The van der Waals surface area contributed by atoms with Gasteiger partial charge in [-0.3, -0.25) is 19.6 Å². The van der Waals surface area contributed by atoms with E-state index < -0.39 is 0 Å². The summed E-state index contributed by atoms with van der Waals surface area (Å²) in [6, 6.07) is 2.55. The van der Waals surface area contributed by atoms with Crippen LogP contribution >= 0.6 is 0 Å². The normalized spacial score (nSPS) is 18.1. The molecule has 1 fully saturated rings. The van der Waals surface area contributed by atoms with Gasteiger partial charge in [0, 0.05) is 63.4 Å². The van der Waals surface area contributed by atoms with Crippen LogP contribution in [0, 0.1) is 0 Å². The third kappa shape index (κ3) is 4.41. The van der Waals surface area contributed by atoms with Crippen molar-refractivity contribution in [2.75, 3.05) is 33.4 Å². The van der Waals surface area contributed by atoms with Crippen molar-refractivity contribution in [2.45, 2.75) is 70.9 Å². The summed E-state index contributed by atoms with van der Waals surface area (Å²) in [5.74, 6) is 0.468. The topological polar surface area (TPSA) is 82.9 Å². The molecule has 2 aliphatic heterocycles. The zero-order chi connectivity index (χ0) is 22.0. The van der Waals surface area contributed by atoms with Crippen LogP contribution in [0.25, 0.3) is 5.65 Å². The summed E-state index contributed by atoms with van der Waals surface area (Å²) in [7, 11) is 1.62. The number of aromatic nitrogens is 3. The molecule has 0 unspecified atom stereocenters. The molecular formula is C23H35N5O3. The van der Waals surface area contributed by atoms with E-state index in [1.165, 1.54) is 0 Å². The van der Waals surface area contributed by atoms with E-state index in [0.29, 0.717) is 37.2 Å². The number of hydrogen-bond acceptors (Lipinski definition) is 5. The minimum Gasteiger partial charge on any atom is -0.384 e. The second-order valence-electron chi connectivity index (χ2n) is 8.84. The molecule has 1 amide bonds. The molecule has 2 aromatic heterocycles. The molecule has 0 saturated carbocycles. The number of hydrogen-bond donors (Lipinski definition) is 1. The molecular weight excluding hydrogens is 394 g/mol. The molecule has 0 bridgehead atoms. The summed E-state index contributed by atoms with van der Waals surface area (Å²) in [6.07, 6.45) is 5.25. The number of likely N-dealkylation sites (tertiary alicyclic amines) is 1. The van der Waals surface area contributed by atoms with Crippen molar-refractivity contribution < 1.29 is 9.53 Å². The van der Waals surface area contributed by atoms with Crippen molar-refractivity contribution in [3.63, 3.8) is 0 Å². The Morgan fingerprint density at radius 3 is 2.68 bits per heavy atom. The van der Waals surface area contributed by atoms with E-state index >= 15 is 0 Å². The molecule has 8 nitrogen and oxygen atoms in total. The molecule has 4 rings (SSSR count). The quantitative estimate of drug-likeness (QED) is 0.730. The molecule has 1 saturated heterocycles. The van der Waals surface area contributed by atoms with Gasteiger partial charge < -0.3 is 9.64 Å². The van der Waals surface area contributed by atoms with E-state index in [4.69, 9.17) is 9.72 Å². The van der Waals surface area contributed by atoms with Crippen molar-refractivity contribution >= 4 is 11.6 Å². The Kier molecular flexibility index (Phi) is 6.77. The van der Waals surface area contributed by atoms with E-state index in [-0.39, 0.29) is 11.5 Å². The highest BCUT2D eigenvalue weighted by Crippen LogP contribution is 2.28. The molecule has 8 heteroatoms. The lowest BCUT2D eigenvalue weighted by molar-refractivity contribution is -0.133. The fraction of sp³-hybridized carbons (Fsp3) is 0.696. The van der Waals surface area contributed by atoms with Gasteiger partial charge in [-0.15, -0.1) is 0 Å². The maximum absolute atomic E-state index is 13.3. The van der Waals surface area contributed by atoms with Gasteiger partial charge in [-0.05, 0) is 25.7 Å². The van der Waals surface area contributed by atoms with Crippen LogP contribution in [-0.2, 0) is 22.5 Å². The van der Waals surface area contributed by atoms with E-state index in [9.17, 15) is 9.59 Å². The molecule has 0 radical (unpaired) electrons. The summed E-state index contributed by atoms with van der Waals surface area (Å²) >= 11 is 0. The Hall–Kier alpha value is -2.19. The number of carbonyl (C=O) groups is 1. The number of fused-ring (bicyclic) bond motifs is 2. The molecule has 1 N–H and O–H groups in total. The van der Waals surface area contributed by atoms with Gasteiger partial charge in [0.2, 0.25) is 5.91 Å². The average molecular weight is 430 g/mol. The number of nitrogens with one attached hydrogen (secondary N) is 1. The fourth-order valence-corrected chi connectivity index (χ4v) is 5.13. The van der Waals surface area contributed by atoms with Crippen LogP contribution in [0.2, 0.25) is 0 Å². The van der Waals surface area contributed by atoms with Crippen molar-refractivity contribution in [1.29, 1.82) is 0 Å². The molecule has 2 aliphatic rings. The maximum atomic E-state index is 13.3. The van der Waals surface area contributed by atoms with Crippen LogP contribution in [0.3, 0.4) is 0 Å². The van der Waals surface area contributed by atoms with E-state index in [1.807, 2.05) is 11.0 Å². The van der Waals surface area contributed by atoms with Crippen LogP contribution < -0.4 is 5.56 Å². The number of piperidine rings is 1. The molecule has 0 atom stereocenters. The van der Waals surface area contributed by atoms with Gasteiger partial charge in [0.1, 0.15) is 0 Å². The number of nitrogens with zero attached hydrogens (tertiary/aromatic N) is 4. The Bertz CT molecular complexity index is 969. The van der Waals surface area contributed by atoms with Crippen molar-refractivity contribution in [3.05, 3.63) is 33.4 Å². The van der Waals surface area contributed by atoms with Gasteiger partial charge >= 0.3 is 0 Å². The highest BCUT2D eigenvalue weighted by atomic mass is 16.5. The van der Waals surface area contributed by atoms with Gasteiger partial charge in [-0.2, -0.15) is 0 Å². The summed E-state index contributed by atoms with van der Waals surface area (Å²) in [5.41, 5.74) is 3.59. The highest BCUT2D eigenvalue weighted by Gasteiger charge is 2.28. The van der Waals surface area contributed by atoms with Crippen LogP contribution in [0.5, 0.6) is 0 Å². The van der Waals surface area contributed by atoms with Crippen LogP contribution in [0.4, 0.5) is 0 Å². The van der Waals surface area contributed by atoms with E-state index in [0.717, 1.165) is 68.7 Å². The Labute approximate surface area is 183 Å². The number of H-pyrrole nitrogens is 1. The van der Waals surface area contributed by atoms with E-state index in [2.05, 4.69) is 23.8 Å². The minimum atomic E-state index is 0.0362. The number of amides is 1. The zero-order valence-electron chi connectivity index (χ0n) is 19.0. The lowest BCUT2D eigenvalue weighted by Gasteiger charge is -2.33. The Morgan fingerprint density at radius 1 is 1.26 bits per heavy atom. The first-order valence-corrected chi connectivity index (χ1v) is 11.7. The SMILES string of the molecule is CCC(CC)N1CCc2nc3cc(C4CCN(C(=O)CCOC)CC4)[nH]n3c(=O)c2C1. The summed E-state index contributed by atoms with van der Waals surface area (Å²) in [6.45, 7) is 8.03. The standard InChI is InChI=1S/C23H35N5O3/c1-4-17(5-2)27-12-8-19-18(15-27)23(30)28-21(24-19)14-20(25-28)16-6-10-26(11-7-16)22(29)9-13-31-3/h14,16-17,25H,4-13,15H2,1-3H3. The lowest BCUT2D eigenvalue weighted by atomic mass is 9.93. The van der Waals surface area contributed by atoms with Crippen LogP contribution in [0.1, 0.15) is 68.8 Å². The van der Waals surface area contributed by atoms with Crippen LogP contribution in [-0.4, -0.2) is 69.7 Å². The maximum Gasteiger partial charge on any atom is 0.277 e. The van der Waals surface area contributed by atoms with Crippen LogP contribution in [0.15, 0.2) is 10.9 Å². The molecule has 0 aliphatic carbocycles. The lowest BCUT2D eigenvalue weighted by Crippen LogP contribution is -2.42. The number of carbonyl (C=O) groups excluding carboxylic acids is 1. The molecule has 2 aromatic rings. The van der Waals surface area contributed by atoms with Crippen molar-refractivity contribution in [1.82, 2.24) is 24.4 Å². The first-order chi connectivity index (χ1) is 15.0. The number of ether oxygens (including phenoxy) is 1. The van der Waals surface area contributed by atoms with Gasteiger partial charge in [0.25, 0.3) is 5.56 Å². The largest absolute Gasteiger partial charge is 0.384 e. The second kappa shape index (κ2) is 9.53. The highest BCUT2D eigenvalue weighted by molar-refractivity contribution is 5.76. The Morgan fingerprint density at radius 2 is 2.00 bits per heavy atom. The Balaban J connectivity index is 1.50. The first kappa shape index (κ1) is 22.0. The molecule has 4 heterocycles. The molecule has 0 spiro atoms. The predicted octanol–water partition coefficient (Wildman–Crippen LogP) is 2.31. The van der Waals surface area contributed by atoms with Gasteiger partial charge in [-0.1, -0.05) is 13.8 Å². The van der Waals surface area contributed by atoms with Gasteiger partial charge in [-0.25, -0.2) is 9.50 Å². The minimum absolute atomic E-state index is 0.0362. The monoisotopic (exact) mass is 429 g/mol. The number of aromatic amines is 1. The fourth-order valence-electron chi connectivity index (χ4n) is 5.13. The average Bonchev–Trinajstić information content (AvgIpc) is 3.23. The van der Waals surface area contributed by atoms with Crippen molar-refractivity contribution in [3.8, 4) is 0 Å². The summed E-state index contributed by atoms with van der Waals surface area (Å²) in [4.78, 5) is 34.7. The number of methoxy groups -OCH3 is 1. The zero-order valence-corrected chi connectivity index (χ0v) is 19.0. The third-order valence-electron chi connectivity index (χ3n) is 7.08. The second-order valence-corrected chi connectivity index (χ2v) is 8.84. The third-order valence-corrected chi connectivity index (χ3v) is 7.08. The van der Waals surface area contributed by atoms with E-state index in [1.54, 1.807) is 11.6 Å². The van der Waals surface area contributed by atoms with Gasteiger partial charge in [0.15, 0.2) is 5.65 Å². The summed E-state index contributed by atoms with van der Waals surface area (Å²) in [5, 5.41) is 3.33. The molecule has 31 heavy (non-hydrogen) atoms. The predicted molar refractivity (Wildman–Crippen MR) is 119 cm³/mol. The first-order valence-electron chi connectivity index (χ1n) is 11.7. The molecule has 0 aromatic carbocycles. The number of rotatable bonds is 7. The smallest absolute Gasteiger partial charge is 0.277 e. The van der Waals surface area contributed by atoms with Gasteiger partial charge in [0.05, 0.1) is 24.3 Å².